The number of morpholine rings is 1. The molecule has 4 heterocycles. The topological polar surface area (TPSA) is 146 Å². The third kappa shape index (κ3) is 5.43. The molecular formula is C27H33N7O5. The fourth-order valence-electron chi connectivity index (χ4n) is 4.86. The van der Waals surface area contributed by atoms with Crippen LogP contribution in [0.4, 0.5) is 17.3 Å². The molecule has 0 aliphatic carbocycles. The molecular weight excluding hydrogens is 502 g/mol. The number of H-pyrrole nitrogens is 1. The van der Waals surface area contributed by atoms with Crippen LogP contribution in [0.3, 0.4) is 0 Å². The zero-order chi connectivity index (χ0) is 27.9. The van der Waals surface area contributed by atoms with E-state index in [1.165, 1.54) is 27.0 Å². The van der Waals surface area contributed by atoms with E-state index in [2.05, 4.69) is 22.1 Å². The molecule has 206 valence electrons. The smallest absolute Gasteiger partial charge is 0.329 e. The lowest BCUT2D eigenvalue weighted by Gasteiger charge is -2.38. The maximum atomic E-state index is 12.8. The van der Waals surface area contributed by atoms with Crippen molar-refractivity contribution in [3.63, 3.8) is 0 Å². The number of aliphatic hydroxyl groups is 1. The first-order valence-electron chi connectivity index (χ1n) is 12.9. The fraction of sp³-hybridized carbons (Fsp3) is 0.444. The number of hydrogen-bond acceptors (Lipinski definition) is 9. The Bertz CT molecular complexity index is 1480. The second kappa shape index (κ2) is 10.3. The molecule has 12 heteroatoms. The quantitative estimate of drug-likeness (QED) is 0.438. The van der Waals surface area contributed by atoms with Crippen LogP contribution in [0.5, 0.6) is 0 Å². The normalized spacial score (nSPS) is 17.6. The largest absolute Gasteiger partial charge is 0.381 e. The number of fused-ring (bicyclic) bond motifs is 1. The molecule has 0 radical (unpaired) electrons. The van der Waals surface area contributed by atoms with Crippen molar-refractivity contribution in [2.75, 3.05) is 36.5 Å². The number of rotatable bonds is 5. The van der Waals surface area contributed by atoms with Gasteiger partial charge in [-0.1, -0.05) is 0 Å². The van der Waals surface area contributed by atoms with Gasteiger partial charge in [0.05, 0.1) is 31.5 Å². The summed E-state index contributed by atoms with van der Waals surface area (Å²) in [5, 5.41) is 13.3. The maximum absolute atomic E-state index is 12.8. The lowest BCUT2D eigenvalue weighted by Crippen LogP contribution is -2.48. The molecule has 2 aliphatic heterocycles. The molecule has 0 saturated carbocycles. The van der Waals surface area contributed by atoms with Crippen LogP contribution in [-0.2, 0) is 29.5 Å². The highest BCUT2D eigenvalue weighted by Gasteiger charge is 2.34. The predicted molar refractivity (Wildman–Crippen MR) is 146 cm³/mol. The number of carbonyl (C=O) groups excluding carboxylic acids is 1. The molecule has 12 nitrogen and oxygen atoms in total. The van der Waals surface area contributed by atoms with Crippen molar-refractivity contribution in [1.82, 2.24) is 24.4 Å². The Balaban J connectivity index is 1.49. The predicted octanol–water partition coefficient (Wildman–Crippen LogP) is 1.15. The van der Waals surface area contributed by atoms with Crippen LogP contribution in [0, 0.1) is 0 Å². The number of benzene rings is 1. The van der Waals surface area contributed by atoms with E-state index >= 15 is 0 Å². The third-order valence-corrected chi connectivity index (χ3v) is 7.06. The maximum Gasteiger partial charge on any atom is 0.329 e. The van der Waals surface area contributed by atoms with Crippen molar-refractivity contribution in [2.24, 2.45) is 7.05 Å². The standard InChI is InChI=1S/C27H33N7O5/c1-16-15-39-12-11-34(16)24-19-9-10-33(25(36)27(2,3)38)14-20(19)29-23(31-24)17-5-7-18(8-6-17)28-21-13-22(35)32(4)26(37)30-21/h5-8,13,16,28,38H,9-12,14-15H2,1-4H3,(H,30,37)/t16-/m0/s1. The Labute approximate surface area is 225 Å². The first-order valence-corrected chi connectivity index (χ1v) is 12.9. The van der Waals surface area contributed by atoms with E-state index in [4.69, 9.17) is 14.7 Å². The number of nitrogens with one attached hydrogen (secondary N) is 2. The van der Waals surface area contributed by atoms with Crippen LogP contribution < -0.4 is 21.5 Å². The molecule has 1 fully saturated rings. The Morgan fingerprint density at radius 3 is 2.59 bits per heavy atom. The molecule has 1 aromatic carbocycles. The minimum absolute atomic E-state index is 0.133. The van der Waals surface area contributed by atoms with Crippen molar-refractivity contribution in [2.45, 2.75) is 45.4 Å². The van der Waals surface area contributed by atoms with E-state index in [1.54, 1.807) is 4.90 Å². The minimum atomic E-state index is -1.47. The van der Waals surface area contributed by atoms with Gasteiger partial charge >= 0.3 is 5.69 Å². The highest BCUT2D eigenvalue weighted by atomic mass is 16.5. The van der Waals surface area contributed by atoms with Crippen LogP contribution in [0.1, 0.15) is 32.0 Å². The average molecular weight is 536 g/mol. The number of amides is 1. The highest BCUT2D eigenvalue weighted by Crippen LogP contribution is 2.32. The van der Waals surface area contributed by atoms with E-state index in [9.17, 15) is 19.5 Å². The first-order chi connectivity index (χ1) is 18.5. The first kappa shape index (κ1) is 26.6. The van der Waals surface area contributed by atoms with E-state index in [-0.39, 0.29) is 18.5 Å². The fourth-order valence-corrected chi connectivity index (χ4v) is 4.86. The molecule has 2 aliphatic rings. The summed E-state index contributed by atoms with van der Waals surface area (Å²) in [6.45, 7) is 7.77. The van der Waals surface area contributed by atoms with Crippen LogP contribution in [-0.4, -0.2) is 73.4 Å². The number of nitrogens with zero attached hydrogens (tertiary/aromatic N) is 5. The monoisotopic (exact) mass is 535 g/mol. The van der Waals surface area contributed by atoms with Crippen molar-refractivity contribution in [3.8, 4) is 11.4 Å². The summed E-state index contributed by atoms with van der Waals surface area (Å²) >= 11 is 0. The van der Waals surface area contributed by atoms with Gasteiger partial charge in [0.2, 0.25) is 0 Å². The number of hydrogen-bond donors (Lipinski definition) is 3. The van der Waals surface area contributed by atoms with E-state index < -0.39 is 16.9 Å². The number of ether oxygens (including phenoxy) is 1. The molecule has 5 rings (SSSR count). The van der Waals surface area contributed by atoms with E-state index in [0.717, 1.165) is 27.2 Å². The molecule has 0 bridgehead atoms. The van der Waals surface area contributed by atoms with Crippen LogP contribution in [0.15, 0.2) is 39.9 Å². The van der Waals surface area contributed by atoms with Crippen molar-refractivity contribution >= 4 is 23.2 Å². The Kier molecular flexibility index (Phi) is 7.00. The highest BCUT2D eigenvalue weighted by molar-refractivity contribution is 5.84. The molecule has 1 atom stereocenters. The lowest BCUT2D eigenvalue weighted by molar-refractivity contribution is -0.148. The summed E-state index contributed by atoms with van der Waals surface area (Å²) in [5.74, 6) is 1.33. The van der Waals surface area contributed by atoms with Gasteiger partial charge in [-0.15, -0.1) is 0 Å². The van der Waals surface area contributed by atoms with Gasteiger partial charge in [0.25, 0.3) is 11.5 Å². The Hall–Kier alpha value is -4.03. The number of carbonyl (C=O) groups is 1. The minimum Gasteiger partial charge on any atom is -0.381 e. The van der Waals surface area contributed by atoms with Crippen LogP contribution in [0.25, 0.3) is 11.4 Å². The Morgan fingerprint density at radius 1 is 1.18 bits per heavy atom. The van der Waals surface area contributed by atoms with Gasteiger partial charge in [-0.25, -0.2) is 14.8 Å². The van der Waals surface area contributed by atoms with Crippen molar-refractivity contribution in [1.29, 1.82) is 0 Å². The average Bonchev–Trinajstić information content (AvgIpc) is 2.90. The summed E-state index contributed by atoms with van der Waals surface area (Å²) in [7, 11) is 1.41. The lowest BCUT2D eigenvalue weighted by atomic mass is 10.0. The molecule has 1 amide bonds. The van der Waals surface area contributed by atoms with Crippen LogP contribution >= 0.6 is 0 Å². The number of anilines is 3. The number of aromatic amines is 1. The SMILES string of the molecule is C[C@H]1COCCN1c1nc(-c2ccc(Nc3cc(=O)n(C)c(=O)[nH]3)cc2)nc2c1CCN(C(=O)C(C)(C)O)C2. The summed E-state index contributed by atoms with van der Waals surface area (Å²) in [6, 6.07) is 8.80. The summed E-state index contributed by atoms with van der Waals surface area (Å²) < 4.78 is 6.64. The molecule has 39 heavy (non-hydrogen) atoms. The van der Waals surface area contributed by atoms with Gasteiger partial charge in [0.1, 0.15) is 17.2 Å². The van der Waals surface area contributed by atoms with Gasteiger partial charge in [-0.05, 0) is 51.5 Å². The van der Waals surface area contributed by atoms with Crippen molar-refractivity contribution in [3.05, 3.63) is 62.4 Å². The van der Waals surface area contributed by atoms with Gasteiger partial charge in [-0.2, -0.15) is 0 Å². The summed E-state index contributed by atoms with van der Waals surface area (Å²) in [5.41, 5.74) is 0.829. The summed E-state index contributed by atoms with van der Waals surface area (Å²) in [6.07, 6.45) is 0.592. The second-order valence-corrected chi connectivity index (χ2v) is 10.5. The second-order valence-electron chi connectivity index (χ2n) is 10.5. The van der Waals surface area contributed by atoms with E-state index in [1.807, 2.05) is 24.3 Å². The Morgan fingerprint density at radius 2 is 1.92 bits per heavy atom. The number of aromatic nitrogens is 4. The van der Waals surface area contributed by atoms with E-state index in [0.29, 0.717) is 50.1 Å². The van der Waals surface area contributed by atoms with Gasteiger partial charge < -0.3 is 25.0 Å². The molecule has 2 aromatic heterocycles. The molecule has 0 unspecified atom stereocenters. The van der Waals surface area contributed by atoms with Gasteiger partial charge in [-0.3, -0.25) is 19.1 Å². The molecule has 1 saturated heterocycles. The molecule has 0 spiro atoms. The van der Waals surface area contributed by atoms with Crippen molar-refractivity contribution < 1.29 is 14.6 Å². The van der Waals surface area contributed by atoms with Crippen LogP contribution in [0.2, 0.25) is 0 Å². The summed E-state index contributed by atoms with van der Waals surface area (Å²) in [4.78, 5) is 53.1. The zero-order valence-electron chi connectivity index (χ0n) is 22.5. The zero-order valence-corrected chi connectivity index (χ0v) is 22.5. The van der Waals surface area contributed by atoms with Gasteiger partial charge in [0.15, 0.2) is 5.82 Å². The van der Waals surface area contributed by atoms with Gasteiger partial charge in [0, 0.05) is 43.0 Å². The third-order valence-electron chi connectivity index (χ3n) is 7.06. The molecule has 3 aromatic rings. The molecule has 3 N–H and O–H groups in total.